The summed E-state index contributed by atoms with van der Waals surface area (Å²) in [7, 11) is 1.64. The van der Waals surface area contributed by atoms with Gasteiger partial charge < -0.3 is 14.7 Å². The van der Waals surface area contributed by atoms with Crippen LogP contribution in [0.2, 0.25) is 5.02 Å². The van der Waals surface area contributed by atoms with Gasteiger partial charge in [-0.1, -0.05) is 37.6 Å². The van der Waals surface area contributed by atoms with E-state index in [1.165, 1.54) is 0 Å². The second-order valence-electron chi connectivity index (χ2n) is 6.49. The predicted molar refractivity (Wildman–Crippen MR) is 111 cm³/mol. The lowest BCUT2D eigenvalue weighted by molar-refractivity contribution is 0.120. The van der Waals surface area contributed by atoms with Crippen LogP contribution in [-0.2, 0) is 0 Å². The number of pyridine rings is 1. The number of ether oxygens (including phenoxy) is 1. The van der Waals surface area contributed by atoms with Crippen molar-refractivity contribution in [2.24, 2.45) is 0 Å². The lowest BCUT2D eigenvalue weighted by Crippen LogP contribution is -2.28. The first-order valence-corrected chi connectivity index (χ1v) is 9.58. The highest BCUT2D eigenvalue weighted by Crippen LogP contribution is 2.32. The number of benzene rings is 2. The second-order valence-corrected chi connectivity index (χ2v) is 6.92. The summed E-state index contributed by atoms with van der Waals surface area (Å²) in [6.45, 7) is 6.56. The standard InChI is InChI=1S/C22H25ClN2O2/c1-4-25(5-2)14-22(26)19-13-21(15-6-8-16(23)9-7-15)24-20-11-10-17(27-3)12-18(19)20/h6-13,22,26H,4-5,14H2,1-3H3/t22-/m1/s1. The molecule has 142 valence electrons. The summed E-state index contributed by atoms with van der Waals surface area (Å²) in [6.07, 6.45) is -0.617. The quantitative estimate of drug-likeness (QED) is 0.626. The number of aromatic nitrogens is 1. The molecule has 0 aliphatic heterocycles. The van der Waals surface area contributed by atoms with Gasteiger partial charge in [0.1, 0.15) is 5.75 Å². The van der Waals surface area contributed by atoms with Crippen molar-refractivity contribution in [3.8, 4) is 17.0 Å². The Kier molecular flexibility index (Phi) is 6.32. The number of rotatable bonds is 7. The highest BCUT2D eigenvalue weighted by atomic mass is 35.5. The van der Waals surface area contributed by atoms with E-state index in [9.17, 15) is 5.11 Å². The third-order valence-corrected chi connectivity index (χ3v) is 5.12. The number of halogens is 1. The van der Waals surface area contributed by atoms with Crippen LogP contribution in [0.25, 0.3) is 22.2 Å². The molecule has 0 saturated carbocycles. The highest BCUT2D eigenvalue weighted by Gasteiger charge is 2.17. The molecular formula is C22H25ClN2O2. The van der Waals surface area contributed by atoms with Crippen LogP contribution < -0.4 is 4.74 Å². The molecule has 0 bridgehead atoms. The number of likely N-dealkylation sites (N-methyl/N-ethyl adjacent to an activating group) is 1. The Morgan fingerprint density at radius 1 is 1.07 bits per heavy atom. The molecule has 0 aliphatic carbocycles. The molecule has 0 radical (unpaired) electrons. The molecule has 1 N–H and O–H groups in total. The zero-order valence-corrected chi connectivity index (χ0v) is 16.7. The third kappa shape index (κ3) is 4.41. The molecule has 4 nitrogen and oxygen atoms in total. The van der Waals surface area contributed by atoms with Crippen LogP contribution in [0.1, 0.15) is 25.5 Å². The maximum absolute atomic E-state index is 11.0. The van der Waals surface area contributed by atoms with Gasteiger partial charge in [0, 0.05) is 22.5 Å². The van der Waals surface area contributed by atoms with E-state index in [0.29, 0.717) is 11.6 Å². The molecule has 0 amide bonds. The lowest BCUT2D eigenvalue weighted by Gasteiger charge is -2.23. The number of fused-ring (bicyclic) bond motifs is 1. The van der Waals surface area contributed by atoms with Crippen LogP contribution in [-0.4, -0.2) is 41.7 Å². The van der Waals surface area contributed by atoms with E-state index in [1.807, 2.05) is 48.5 Å². The minimum atomic E-state index is -0.617. The summed E-state index contributed by atoms with van der Waals surface area (Å²) >= 11 is 6.02. The predicted octanol–water partition coefficient (Wildman–Crippen LogP) is 4.94. The van der Waals surface area contributed by atoms with Crippen LogP contribution in [0.3, 0.4) is 0 Å². The Morgan fingerprint density at radius 3 is 2.41 bits per heavy atom. The van der Waals surface area contributed by atoms with E-state index >= 15 is 0 Å². The topological polar surface area (TPSA) is 45.6 Å². The summed E-state index contributed by atoms with van der Waals surface area (Å²) in [5, 5.41) is 12.6. The number of hydrogen-bond acceptors (Lipinski definition) is 4. The maximum Gasteiger partial charge on any atom is 0.119 e. The number of methoxy groups -OCH3 is 1. The average molecular weight is 385 g/mol. The van der Waals surface area contributed by atoms with Crippen molar-refractivity contribution in [1.29, 1.82) is 0 Å². The van der Waals surface area contributed by atoms with Crippen molar-refractivity contribution < 1.29 is 9.84 Å². The van der Waals surface area contributed by atoms with Gasteiger partial charge in [-0.15, -0.1) is 0 Å². The van der Waals surface area contributed by atoms with Crippen LogP contribution in [0.15, 0.2) is 48.5 Å². The van der Waals surface area contributed by atoms with Gasteiger partial charge in [0.2, 0.25) is 0 Å². The van der Waals surface area contributed by atoms with Crippen LogP contribution in [0.5, 0.6) is 5.75 Å². The Hall–Kier alpha value is -2.14. The zero-order chi connectivity index (χ0) is 19.4. The fourth-order valence-corrected chi connectivity index (χ4v) is 3.35. The zero-order valence-electron chi connectivity index (χ0n) is 15.9. The highest BCUT2D eigenvalue weighted by molar-refractivity contribution is 6.30. The van der Waals surface area contributed by atoms with Crippen molar-refractivity contribution in [2.45, 2.75) is 20.0 Å². The van der Waals surface area contributed by atoms with Crippen LogP contribution in [0, 0.1) is 0 Å². The fourth-order valence-electron chi connectivity index (χ4n) is 3.23. The van der Waals surface area contributed by atoms with Crippen molar-refractivity contribution in [1.82, 2.24) is 9.88 Å². The SMILES string of the molecule is CCN(CC)C[C@@H](O)c1cc(-c2ccc(Cl)cc2)nc2ccc(OC)cc12. The summed E-state index contributed by atoms with van der Waals surface area (Å²) < 4.78 is 5.37. The van der Waals surface area contributed by atoms with E-state index in [1.54, 1.807) is 7.11 Å². The Balaban J connectivity index is 2.13. The number of aliphatic hydroxyl groups is 1. The molecule has 1 aromatic heterocycles. The van der Waals surface area contributed by atoms with Gasteiger partial charge in [0.25, 0.3) is 0 Å². The molecule has 5 heteroatoms. The molecule has 0 fully saturated rings. The minimum Gasteiger partial charge on any atom is -0.497 e. The Morgan fingerprint density at radius 2 is 1.78 bits per heavy atom. The van der Waals surface area contributed by atoms with E-state index in [2.05, 4.69) is 18.7 Å². The molecule has 0 spiro atoms. The first-order chi connectivity index (χ1) is 13.0. The smallest absolute Gasteiger partial charge is 0.119 e. The van der Waals surface area contributed by atoms with E-state index in [4.69, 9.17) is 21.3 Å². The average Bonchev–Trinajstić information content (AvgIpc) is 2.71. The Bertz CT molecular complexity index is 908. The second kappa shape index (κ2) is 8.70. The largest absolute Gasteiger partial charge is 0.497 e. The van der Waals surface area contributed by atoms with Gasteiger partial charge >= 0.3 is 0 Å². The summed E-state index contributed by atoms with van der Waals surface area (Å²) in [6, 6.07) is 15.3. The monoisotopic (exact) mass is 384 g/mol. The fraction of sp³-hybridized carbons (Fsp3) is 0.318. The number of aliphatic hydroxyl groups excluding tert-OH is 1. The normalized spacial score (nSPS) is 12.5. The molecule has 3 aromatic rings. The van der Waals surface area contributed by atoms with Gasteiger partial charge in [-0.3, -0.25) is 0 Å². The van der Waals surface area contributed by atoms with Crippen molar-refractivity contribution in [3.63, 3.8) is 0 Å². The van der Waals surface area contributed by atoms with Crippen LogP contribution >= 0.6 is 11.6 Å². The first kappa shape index (κ1) is 19.6. The van der Waals surface area contributed by atoms with Gasteiger partial charge in [0.05, 0.1) is 24.4 Å². The summed E-state index contributed by atoms with van der Waals surface area (Å²) in [5.74, 6) is 0.750. The molecular weight excluding hydrogens is 360 g/mol. The third-order valence-electron chi connectivity index (χ3n) is 4.87. The van der Waals surface area contributed by atoms with Crippen molar-refractivity contribution in [2.75, 3.05) is 26.7 Å². The molecule has 2 aromatic carbocycles. The molecule has 0 aliphatic rings. The molecule has 0 unspecified atom stereocenters. The van der Waals surface area contributed by atoms with Gasteiger partial charge in [-0.2, -0.15) is 0 Å². The molecule has 1 heterocycles. The molecule has 0 saturated heterocycles. The van der Waals surface area contributed by atoms with Crippen molar-refractivity contribution >= 4 is 22.5 Å². The van der Waals surface area contributed by atoms with Crippen molar-refractivity contribution in [3.05, 3.63) is 59.1 Å². The summed E-state index contributed by atoms with van der Waals surface area (Å²) in [5.41, 5.74) is 3.47. The Labute approximate surface area is 165 Å². The molecule has 1 atom stereocenters. The summed E-state index contributed by atoms with van der Waals surface area (Å²) in [4.78, 5) is 7.00. The van der Waals surface area contributed by atoms with Gasteiger partial charge in [-0.25, -0.2) is 4.98 Å². The van der Waals surface area contributed by atoms with Gasteiger partial charge in [0.15, 0.2) is 0 Å². The molecule has 3 rings (SSSR count). The van der Waals surface area contributed by atoms with E-state index < -0.39 is 6.10 Å². The van der Waals surface area contributed by atoms with E-state index in [-0.39, 0.29) is 0 Å². The van der Waals surface area contributed by atoms with E-state index in [0.717, 1.165) is 46.6 Å². The number of hydrogen-bond donors (Lipinski definition) is 1. The van der Waals surface area contributed by atoms with Gasteiger partial charge in [-0.05, 0) is 55.1 Å². The number of nitrogens with zero attached hydrogens (tertiary/aromatic N) is 2. The first-order valence-electron chi connectivity index (χ1n) is 9.20. The molecule has 27 heavy (non-hydrogen) atoms. The lowest BCUT2D eigenvalue weighted by atomic mass is 9.99. The van der Waals surface area contributed by atoms with Crippen LogP contribution in [0.4, 0.5) is 0 Å². The minimum absolute atomic E-state index is 0.573. The maximum atomic E-state index is 11.0.